The number of amides is 1. The van der Waals surface area contributed by atoms with Crippen molar-refractivity contribution < 1.29 is 9.53 Å². The highest BCUT2D eigenvalue weighted by atomic mass is 32.2. The number of nitrogens with one attached hydrogen (secondary N) is 1. The molecule has 2 aromatic carbocycles. The summed E-state index contributed by atoms with van der Waals surface area (Å²) in [4.78, 5) is 22.8. The van der Waals surface area contributed by atoms with Gasteiger partial charge in [0.05, 0.1) is 17.6 Å². The maximum Gasteiger partial charge on any atom is 0.230 e. The second-order valence-corrected chi connectivity index (χ2v) is 9.64. The van der Waals surface area contributed by atoms with Crippen LogP contribution in [-0.4, -0.2) is 67.9 Å². The predicted molar refractivity (Wildman–Crippen MR) is 130 cm³/mol. The normalized spacial score (nSPS) is 14.7. The molecule has 6 nitrogen and oxygen atoms in total. The van der Waals surface area contributed by atoms with Gasteiger partial charge in [0, 0.05) is 44.2 Å². The maximum absolute atomic E-state index is 12.1. The number of ether oxygens (including phenoxy) is 1. The molecule has 31 heavy (non-hydrogen) atoms. The number of nitrogens with zero attached hydrogens (tertiary/aromatic N) is 3. The number of piperazine rings is 1. The van der Waals surface area contributed by atoms with Crippen molar-refractivity contribution in [1.29, 1.82) is 0 Å². The van der Waals surface area contributed by atoms with E-state index in [9.17, 15) is 4.79 Å². The lowest BCUT2D eigenvalue weighted by atomic mass is 10.2. The first kappa shape index (κ1) is 21.9. The van der Waals surface area contributed by atoms with Gasteiger partial charge in [-0.15, -0.1) is 11.8 Å². The Morgan fingerprint density at radius 2 is 1.94 bits per heavy atom. The second-order valence-electron chi connectivity index (χ2n) is 7.58. The molecule has 8 heteroatoms. The van der Waals surface area contributed by atoms with Gasteiger partial charge in [0.1, 0.15) is 11.3 Å². The molecule has 3 aromatic rings. The molecule has 1 N–H and O–H groups in total. The number of benzene rings is 2. The maximum atomic E-state index is 12.1. The molecule has 164 valence electrons. The van der Waals surface area contributed by atoms with Crippen molar-refractivity contribution in [2.75, 3.05) is 57.0 Å². The molecule has 1 aliphatic heterocycles. The molecular weight excluding hydrogens is 428 g/mol. The molecule has 1 amide bonds. The molecule has 0 unspecified atom stereocenters. The third kappa shape index (κ3) is 5.70. The minimum Gasteiger partial charge on any atom is -0.494 e. The van der Waals surface area contributed by atoms with E-state index in [1.54, 1.807) is 30.2 Å². The van der Waals surface area contributed by atoms with Gasteiger partial charge in [-0.2, -0.15) is 0 Å². The molecule has 0 saturated carbocycles. The summed E-state index contributed by atoms with van der Waals surface area (Å²) in [5.74, 6) is 1.38. The summed E-state index contributed by atoms with van der Waals surface area (Å²) in [6, 6.07) is 14.3. The number of thioether (sulfide) groups is 1. The van der Waals surface area contributed by atoms with Gasteiger partial charge in [0.15, 0.2) is 5.13 Å². The largest absolute Gasteiger partial charge is 0.494 e. The van der Waals surface area contributed by atoms with Crippen LogP contribution in [0.1, 0.15) is 5.56 Å². The predicted octanol–water partition coefficient (Wildman–Crippen LogP) is 3.64. The van der Waals surface area contributed by atoms with E-state index in [-0.39, 0.29) is 5.91 Å². The van der Waals surface area contributed by atoms with E-state index in [1.165, 1.54) is 5.56 Å². The van der Waals surface area contributed by atoms with E-state index in [0.717, 1.165) is 58.7 Å². The molecule has 0 aliphatic carbocycles. The number of carbonyl (C=O) groups excluding carboxylic acids is 1. The zero-order valence-electron chi connectivity index (χ0n) is 18.0. The third-order valence-electron chi connectivity index (χ3n) is 5.37. The highest BCUT2D eigenvalue weighted by molar-refractivity contribution is 8.00. The van der Waals surface area contributed by atoms with Gasteiger partial charge >= 0.3 is 0 Å². The minimum absolute atomic E-state index is 0.0904. The van der Waals surface area contributed by atoms with Gasteiger partial charge in [-0.25, -0.2) is 4.98 Å². The van der Waals surface area contributed by atoms with Crippen LogP contribution < -0.4 is 15.0 Å². The van der Waals surface area contributed by atoms with Crippen LogP contribution in [0.2, 0.25) is 0 Å². The van der Waals surface area contributed by atoms with Crippen LogP contribution in [-0.2, 0) is 4.79 Å². The lowest BCUT2D eigenvalue weighted by Crippen LogP contribution is -2.48. The van der Waals surface area contributed by atoms with Crippen LogP contribution in [0.4, 0.5) is 5.13 Å². The summed E-state index contributed by atoms with van der Waals surface area (Å²) in [6.45, 7) is 7.46. The molecule has 2 heterocycles. The Balaban J connectivity index is 1.18. The monoisotopic (exact) mass is 456 g/mol. The molecule has 1 aliphatic rings. The van der Waals surface area contributed by atoms with Gasteiger partial charge in [-0.1, -0.05) is 35.1 Å². The number of anilines is 1. The zero-order chi connectivity index (χ0) is 21.6. The number of aromatic nitrogens is 1. The molecule has 1 fully saturated rings. The molecule has 0 spiro atoms. The van der Waals surface area contributed by atoms with E-state index in [4.69, 9.17) is 9.72 Å². The Morgan fingerprint density at radius 1 is 1.16 bits per heavy atom. The van der Waals surface area contributed by atoms with Crippen LogP contribution in [0.25, 0.3) is 10.2 Å². The van der Waals surface area contributed by atoms with Crippen molar-refractivity contribution >= 4 is 44.4 Å². The van der Waals surface area contributed by atoms with Gasteiger partial charge in [0.2, 0.25) is 5.91 Å². The Bertz CT molecular complexity index is 1010. The number of hydrogen-bond donors (Lipinski definition) is 1. The number of methoxy groups -OCH3 is 1. The average Bonchev–Trinajstić information content (AvgIpc) is 3.24. The Morgan fingerprint density at radius 3 is 2.68 bits per heavy atom. The molecule has 0 bridgehead atoms. The number of para-hydroxylation sites is 1. The van der Waals surface area contributed by atoms with Crippen molar-refractivity contribution in [3.8, 4) is 5.75 Å². The SMILES string of the molecule is COc1cccc2sc(N3CCN(CCNC(=O)CSc4ccc(C)cc4)CC3)nc12. The van der Waals surface area contributed by atoms with Crippen LogP contribution in [0.3, 0.4) is 0 Å². The average molecular weight is 457 g/mol. The minimum atomic E-state index is 0.0904. The highest BCUT2D eigenvalue weighted by Gasteiger charge is 2.20. The summed E-state index contributed by atoms with van der Waals surface area (Å²) in [5, 5.41) is 4.10. The van der Waals surface area contributed by atoms with Crippen molar-refractivity contribution in [3.63, 3.8) is 0 Å². The van der Waals surface area contributed by atoms with Gasteiger partial charge < -0.3 is 15.0 Å². The number of carbonyl (C=O) groups is 1. The fourth-order valence-electron chi connectivity index (χ4n) is 3.56. The molecular formula is C23H28N4O2S2. The number of hydrogen-bond acceptors (Lipinski definition) is 7. The van der Waals surface area contributed by atoms with Crippen molar-refractivity contribution in [3.05, 3.63) is 48.0 Å². The summed E-state index contributed by atoms with van der Waals surface area (Å²) < 4.78 is 6.59. The van der Waals surface area contributed by atoms with Crippen molar-refractivity contribution in [2.45, 2.75) is 11.8 Å². The highest BCUT2D eigenvalue weighted by Crippen LogP contribution is 2.34. The number of thiazole rings is 1. The second kappa shape index (κ2) is 10.3. The van der Waals surface area contributed by atoms with Crippen molar-refractivity contribution in [1.82, 2.24) is 15.2 Å². The van der Waals surface area contributed by atoms with Gasteiger partial charge in [0.25, 0.3) is 0 Å². The van der Waals surface area contributed by atoms with Gasteiger partial charge in [-0.05, 0) is 31.2 Å². The van der Waals surface area contributed by atoms with E-state index >= 15 is 0 Å². The topological polar surface area (TPSA) is 57.7 Å². The number of rotatable bonds is 8. The van der Waals surface area contributed by atoms with E-state index in [2.05, 4.69) is 52.4 Å². The van der Waals surface area contributed by atoms with E-state index in [1.807, 2.05) is 12.1 Å². The van der Waals surface area contributed by atoms with Crippen LogP contribution in [0.15, 0.2) is 47.4 Å². The lowest BCUT2D eigenvalue weighted by molar-refractivity contribution is -0.118. The first-order valence-electron chi connectivity index (χ1n) is 10.5. The summed E-state index contributed by atoms with van der Waals surface area (Å²) in [5.41, 5.74) is 2.18. The Hall–Kier alpha value is -2.29. The summed E-state index contributed by atoms with van der Waals surface area (Å²) in [7, 11) is 1.69. The molecule has 0 atom stereocenters. The smallest absolute Gasteiger partial charge is 0.230 e. The third-order valence-corrected chi connectivity index (χ3v) is 7.47. The number of aryl methyl sites for hydroxylation is 1. The molecule has 0 radical (unpaired) electrons. The van der Waals surface area contributed by atoms with E-state index in [0.29, 0.717) is 12.3 Å². The molecule has 1 aromatic heterocycles. The first-order valence-corrected chi connectivity index (χ1v) is 12.3. The lowest BCUT2D eigenvalue weighted by Gasteiger charge is -2.34. The Kier molecular flexibility index (Phi) is 7.32. The fourth-order valence-corrected chi connectivity index (χ4v) is 5.33. The van der Waals surface area contributed by atoms with Crippen LogP contribution >= 0.6 is 23.1 Å². The van der Waals surface area contributed by atoms with E-state index < -0.39 is 0 Å². The summed E-state index contributed by atoms with van der Waals surface area (Å²) in [6.07, 6.45) is 0. The Labute approximate surface area is 191 Å². The molecule has 1 saturated heterocycles. The first-order chi connectivity index (χ1) is 15.1. The molecule has 4 rings (SSSR count). The quantitative estimate of drug-likeness (QED) is 0.522. The zero-order valence-corrected chi connectivity index (χ0v) is 19.6. The standard InChI is InChI=1S/C23H28N4O2S2/c1-17-6-8-18(9-7-17)30-16-21(28)24-10-11-26-12-14-27(15-13-26)23-25-22-19(29-2)4-3-5-20(22)31-23/h3-9H,10-16H2,1-2H3,(H,24,28). The van der Waals surface area contributed by atoms with Crippen LogP contribution in [0.5, 0.6) is 5.75 Å². The summed E-state index contributed by atoms with van der Waals surface area (Å²) >= 11 is 3.30. The van der Waals surface area contributed by atoms with Gasteiger partial charge in [-0.3, -0.25) is 9.69 Å². The van der Waals surface area contributed by atoms with Crippen LogP contribution in [0, 0.1) is 6.92 Å². The van der Waals surface area contributed by atoms with Crippen molar-refractivity contribution in [2.24, 2.45) is 0 Å². The fraction of sp³-hybridized carbons (Fsp3) is 0.391. The number of fused-ring (bicyclic) bond motifs is 1.